The van der Waals surface area contributed by atoms with E-state index in [-0.39, 0.29) is 11.7 Å². The predicted octanol–water partition coefficient (Wildman–Crippen LogP) is 3.30. The Bertz CT molecular complexity index is 649. The van der Waals surface area contributed by atoms with Gasteiger partial charge in [-0.05, 0) is 37.0 Å². The van der Waals surface area contributed by atoms with Crippen molar-refractivity contribution < 1.29 is 9.18 Å². The maximum atomic E-state index is 13.1. The first kappa shape index (κ1) is 14.1. The van der Waals surface area contributed by atoms with Gasteiger partial charge in [-0.1, -0.05) is 36.8 Å². The Balaban J connectivity index is 1.82. The molecule has 6 heteroatoms. The van der Waals surface area contributed by atoms with Gasteiger partial charge in [0.2, 0.25) is 11.0 Å². The Labute approximate surface area is 126 Å². The SMILES string of the molecule is CCc1nnc(NC(=O)C2(c3ccc(F)cc3)CCC2)s1. The van der Waals surface area contributed by atoms with Gasteiger partial charge >= 0.3 is 0 Å². The van der Waals surface area contributed by atoms with E-state index in [1.54, 1.807) is 12.1 Å². The molecule has 0 unspecified atom stereocenters. The number of amides is 1. The molecule has 1 aliphatic carbocycles. The zero-order valence-corrected chi connectivity index (χ0v) is 12.5. The van der Waals surface area contributed by atoms with Gasteiger partial charge in [0.25, 0.3) is 0 Å². The number of benzene rings is 1. The summed E-state index contributed by atoms with van der Waals surface area (Å²) in [5.41, 5.74) is 0.319. The van der Waals surface area contributed by atoms with Gasteiger partial charge in [-0.25, -0.2) is 4.39 Å². The molecule has 4 nitrogen and oxygen atoms in total. The first-order valence-corrected chi connectivity index (χ1v) is 7.85. The number of hydrogen-bond donors (Lipinski definition) is 1. The Morgan fingerprint density at radius 3 is 2.57 bits per heavy atom. The van der Waals surface area contributed by atoms with Crippen LogP contribution in [0.1, 0.15) is 36.8 Å². The van der Waals surface area contributed by atoms with Gasteiger partial charge in [0, 0.05) is 0 Å². The molecule has 0 radical (unpaired) electrons. The summed E-state index contributed by atoms with van der Waals surface area (Å²) in [4.78, 5) is 12.6. The second-order valence-corrected chi connectivity index (χ2v) is 6.31. The molecule has 110 valence electrons. The number of carbonyl (C=O) groups is 1. The van der Waals surface area contributed by atoms with Crippen molar-refractivity contribution in [1.29, 1.82) is 0 Å². The third kappa shape index (κ3) is 2.55. The fourth-order valence-corrected chi connectivity index (χ4v) is 3.28. The van der Waals surface area contributed by atoms with Gasteiger partial charge in [-0.3, -0.25) is 10.1 Å². The van der Waals surface area contributed by atoms with Crippen LogP contribution in [-0.4, -0.2) is 16.1 Å². The molecule has 0 atom stereocenters. The number of rotatable bonds is 4. The van der Waals surface area contributed by atoms with Crippen LogP contribution >= 0.6 is 11.3 Å². The summed E-state index contributed by atoms with van der Waals surface area (Å²) in [5, 5.41) is 12.3. The van der Waals surface area contributed by atoms with Crippen LogP contribution in [0.4, 0.5) is 9.52 Å². The van der Waals surface area contributed by atoms with Crippen molar-refractivity contribution in [1.82, 2.24) is 10.2 Å². The number of aryl methyl sites for hydroxylation is 1. The molecule has 0 spiro atoms. The largest absolute Gasteiger partial charge is 0.300 e. The zero-order chi connectivity index (χ0) is 14.9. The minimum Gasteiger partial charge on any atom is -0.300 e. The minimum absolute atomic E-state index is 0.0702. The van der Waals surface area contributed by atoms with E-state index in [4.69, 9.17) is 0 Å². The lowest BCUT2D eigenvalue weighted by Crippen LogP contribution is -2.46. The number of hydrogen-bond acceptors (Lipinski definition) is 4. The van der Waals surface area contributed by atoms with Crippen LogP contribution in [0.3, 0.4) is 0 Å². The van der Waals surface area contributed by atoms with Crippen LogP contribution in [0.15, 0.2) is 24.3 Å². The third-order valence-electron chi connectivity index (χ3n) is 4.03. The van der Waals surface area contributed by atoms with Crippen LogP contribution in [-0.2, 0) is 16.6 Å². The summed E-state index contributed by atoms with van der Waals surface area (Å²) >= 11 is 1.40. The molecule has 21 heavy (non-hydrogen) atoms. The fourth-order valence-electron chi connectivity index (χ4n) is 2.61. The Kier molecular flexibility index (Phi) is 3.71. The molecular weight excluding hydrogens is 289 g/mol. The van der Waals surface area contributed by atoms with Crippen molar-refractivity contribution in [3.63, 3.8) is 0 Å². The summed E-state index contributed by atoms with van der Waals surface area (Å²) in [5.74, 6) is -0.357. The highest BCUT2D eigenvalue weighted by molar-refractivity contribution is 7.15. The summed E-state index contributed by atoms with van der Waals surface area (Å²) in [7, 11) is 0. The monoisotopic (exact) mass is 305 g/mol. The smallest absolute Gasteiger partial charge is 0.236 e. The topological polar surface area (TPSA) is 54.9 Å². The van der Waals surface area contributed by atoms with Gasteiger partial charge in [-0.2, -0.15) is 0 Å². The van der Waals surface area contributed by atoms with E-state index >= 15 is 0 Å². The average Bonchev–Trinajstić information content (AvgIpc) is 2.87. The van der Waals surface area contributed by atoms with E-state index in [1.165, 1.54) is 23.5 Å². The van der Waals surface area contributed by atoms with Gasteiger partial charge in [-0.15, -0.1) is 10.2 Å². The molecule has 0 bridgehead atoms. The van der Waals surface area contributed by atoms with E-state index in [1.807, 2.05) is 6.92 Å². The number of carbonyl (C=O) groups excluding carboxylic acids is 1. The third-order valence-corrected chi connectivity index (χ3v) is 5.01. The van der Waals surface area contributed by atoms with Crippen molar-refractivity contribution in [2.24, 2.45) is 0 Å². The zero-order valence-electron chi connectivity index (χ0n) is 11.7. The lowest BCUT2D eigenvalue weighted by Gasteiger charge is -2.40. The maximum absolute atomic E-state index is 13.1. The van der Waals surface area contributed by atoms with E-state index in [0.717, 1.165) is 36.3 Å². The van der Waals surface area contributed by atoms with Crippen LogP contribution in [0.2, 0.25) is 0 Å². The van der Waals surface area contributed by atoms with Gasteiger partial charge in [0.15, 0.2) is 0 Å². The Morgan fingerprint density at radius 1 is 1.33 bits per heavy atom. The van der Waals surface area contributed by atoms with Crippen LogP contribution in [0, 0.1) is 5.82 Å². The highest BCUT2D eigenvalue weighted by atomic mass is 32.1. The Hall–Kier alpha value is -1.82. The standard InChI is InChI=1S/C15H16FN3OS/c1-2-12-18-19-14(21-12)17-13(20)15(8-3-9-15)10-4-6-11(16)7-5-10/h4-7H,2-3,8-9H2,1H3,(H,17,19,20). The van der Waals surface area contributed by atoms with E-state index in [9.17, 15) is 9.18 Å². The van der Waals surface area contributed by atoms with Crippen molar-refractivity contribution in [2.75, 3.05) is 5.32 Å². The molecule has 1 aliphatic rings. The number of aromatic nitrogens is 2. The van der Waals surface area contributed by atoms with Gasteiger partial charge in [0.05, 0.1) is 5.41 Å². The van der Waals surface area contributed by atoms with Crippen LogP contribution in [0.5, 0.6) is 0 Å². The first-order chi connectivity index (χ1) is 10.1. The molecule has 1 amide bonds. The van der Waals surface area contributed by atoms with E-state index < -0.39 is 5.41 Å². The molecule has 1 aromatic carbocycles. The summed E-state index contributed by atoms with van der Waals surface area (Å²) < 4.78 is 13.1. The molecular formula is C15H16FN3OS. The highest BCUT2D eigenvalue weighted by Gasteiger charge is 2.45. The molecule has 1 fully saturated rings. The molecule has 3 rings (SSSR count). The molecule has 1 saturated carbocycles. The lowest BCUT2D eigenvalue weighted by molar-refractivity contribution is -0.124. The summed E-state index contributed by atoms with van der Waals surface area (Å²) in [6, 6.07) is 6.21. The molecule has 1 aromatic heterocycles. The molecule has 0 saturated heterocycles. The molecule has 1 N–H and O–H groups in total. The lowest BCUT2D eigenvalue weighted by atomic mass is 9.64. The Morgan fingerprint density at radius 2 is 2.05 bits per heavy atom. The second-order valence-electron chi connectivity index (χ2n) is 5.25. The van der Waals surface area contributed by atoms with Gasteiger partial charge in [0.1, 0.15) is 10.8 Å². The van der Waals surface area contributed by atoms with Crippen molar-refractivity contribution in [3.8, 4) is 0 Å². The van der Waals surface area contributed by atoms with Gasteiger partial charge < -0.3 is 0 Å². The summed E-state index contributed by atoms with van der Waals surface area (Å²) in [6.45, 7) is 2.00. The first-order valence-electron chi connectivity index (χ1n) is 7.04. The minimum atomic E-state index is -0.550. The van der Waals surface area contributed by atoms with Crippen molar-refractivity contribution in [3.05, 3.63) is 40.7 Å². The second kappa shape index (κ2) is 5.52. The maximum Gasteiger partial charge on any atom is 0.236 e. The summed E-state index contributed by atoms with van der Waals surface area (Å²) in [6.07, 6.45) is 3.37. The van der Waals surface area contributed by atoms with Crippen molar-refractivity contribution >= 4 is 22.4 Å². The fraction of sp³-hybridized carbons (Fsp3) is 0.400. The van der Waals surface area contributed by atoms with Crippen molar-refractivity contribution in [2.45, 2.75) is 38.0 Å². The van der Waals surface area contributed by atoms with Crippen LogP contribution in [0.25, 0.3) is 0 Å². The highest BCUT2D eigenvalue weighted by Crippen LogP contribution is 2.44. The number of anilines is 1. The quantitative estimate of drug-likeness (QED) is 0.943. The van der Waals surface area contributed by atoms with E-state index in [2.05, 4.69) is 15.5 Å². The van der Waals surface area contributed by atoms with E-state index in [0.29, 0.717) is 5.13 Å². The average molecular weight is 305 g/mol. The predicted molar refractivity (Wildman–Crippen MR) is 79.8 cm³/mol. The number of nitrogens with one attached hydrogen (secondary N) is 1. The number of halogens is 1. The van der Waals surface area contributed by atoms with Crippen LogP contribution < -0.4 is 5.32 Å². The molecule has 2 aromatic rings. The molecule has 0 aliphatic heterocycles. The number of nitrogens with zero attached hydrogens (tertiary/aromatic N) is 2. The molecule has 1 heterocycles. The normalized spacial score (nSPS) is 16.3.